The van der Waals surface area contributed by atoms with E-state index in [9.17, 15) is 13.0 Å². The second-order valence-electron chi connectivity index (χ2n) is 7.04. The van der Waals surface area contributed by atoms with Gasteiger partial charge in [-0.1, -0.05) is 23.5 Å². The molecule has 0 atom stereocenters. The van der Waals surface area contributed by atoms with Gasteiger partial charge in [0, 0.05) is 18.8 Å². The number of thiazole rings is 1. The molecule has 144 valence electrons. The number of hydrogen-bond acceptors (Lipinski definition) is 7. The molecule has 0 bridgehead atoms. The normalized spacial score (nSPS) is 16.7. The van der Waals surface area contributed by atoms with Crippen LogP contribution in [0, 0.1) is 0 Å². The maximum absolute atomic E-state index is 12.2. The summed E-state index contributed by atoms with van der Waals surface area (Å²) in [5.74, 6) is 0. The molecule has 3 aromatic rings. The topological polar surface area (TPSA) is 95.2 Å². The Morgan fingerprint density at radius 3 is 2.68 bits per heavy atom. The summed E-state index contributed by atoms with van der Waals surface area (Å²) in [7, 11) is -4.43. The van der Waals surface area contributed by atoms with E-state index in [1.54, 1.807) is 6.07 Å². The highest BCUT2D eigenvalue weighted by Gasteiger charge is 2.32. The van der Waals surface area contributed by atoms with Crippen molar-refractivity contribution in [2.45, 2.75) is 30.6 Å². The van der Waals surface area contributed by atoms with E-state index in [-0.39, 0.29) is 10.6 Å². The second kappa shape index (κ2) is 6.61. The van der Waals surface area contributed by atoms with Crippen molar-refractivity contribution in [3.8, 4) is 0 Å². The van der Waals surface area contributed by atoms with Crippen molar-refractivity contribution in [1.29, 1.82) is 0 Å². The van der Waals surface area contributed by atoms with Crippen molar-refractivity contribution in [2.24, 2.45) is 10.2 Å². The summed E-state index contributed by atoms with van der Waals surface area (Å²) in [6.07, 6.45) is 3.35. The summed E-state index contributed by atoms with van der Waals surface area (Å²) < 4.78 is 35.4. The number of aromatic nitrogens is 1. The van der Waals surface area contributed by atoms with Crippen LogP contribution in [0.3, 0.4) is 0 Å². The lowest BCUT2D eigenvalue weighted by atomic mass is 9.91. The van der Waals surface area contributed by atoms with Crippen molar-refractivity contribution in [2.75, 3.05) is 18.0 Å². The molecule has 0 fully saturated rings. The Bertz CT molecular complexity index is 1180. The number of para-hydroxylation sites is 1. The zero-order valence-corrected chi connectivity index (χ0v) is 16.6. The second-order valence-corrected chi connectivity index (χ2v) is 9.41. The minimum absolute atomic E-state index is 0.109. The molecule has 1 N–H and O–H groups in total. The highest BCUT2D eigenvalue weighted by molar-refractivity contribution is 7.86. The van der Waals surface area contributed by atoms with Gasteiger partial charge >= 0.3 is 0 Å². The van der Waals surface area contributed by atoms with Gasteiger partial charge in [-0.2, -0.15) is 8.42 Å². The van der Waals surface area contributed by atoms with Crippen LogP contribution in [0.1, 0.15) is 24.0 Å². The van der Waals surface area contributed by atoms with E-state index < -0.39 is 10.1 Å². The Balaban J connectivity index is 1.66. The zero-order chi connectivity index (χ0) is 19.3. The van der Waals surface area contributed by atoms with Crippen molar-refractivity contribution >= 4 is 48.2 Å². The maximum atomic E-state index is 12.2. The molecule has 2 aliphatic heterocycles. The molecule has 7 nitrogen and oxygen atoms in total. The molecule has 0 aliphatic carbocycles. The van der Waals surface area contributed by atoms with E-state index in [4.69, 9.17) is 0 Å². The van der Waals surface area contributed by atoms with Crippen molar-refractivity contribution in [1.82, 2.24) is 4.98 Å². The van der Waals surface area contributed by atoms with E-state index in [2.05, 4.69) is 20.1 Å². The fraction of sp³-hybridized carbons (Fsp3) is 0.316. The van der Waals surface area contributed by atoms with Gasteiger partial charge in [-0.15, -0.1) is 10.2 Å². The Morgan fingerprint density at radius 1 is 1.11 bits per heavy atom. The van der Waals surface area contributed by atoms with E-state index in [1.165, 1.54) is 11.3 Å². The first kappa shape index (κ1) is 17.7. The van der Waals surface area contributed by atoms with E-state index in [1.807, 2.05) is 24.3 Å². The van der Waals surface area contributed by atoms with Gasteiger partial charge in [0.05, 0.1) is 10.2 Å². The van der Waals surface area contributed by atoms with Gasteiger partial charge in [0.2, 0.25) is 5.13 Å². The molecular formula is C19H18N4O3S2. The quantitative estimate of drug-likeness (QED) is 0.497. The molecule has 2 aliphatic rings. The fourth-order valence-electron chi connectivity index (χ4n) is 4.18. The van der Waals surface area contributed by atoms with Gasteiger partial charge in [-0.05, 0) is 55.0 Å². The molecule has 3 heterocycles. The summed E-state index contributed by atoms with van der Waals surface area (Å²) in [5, 5.41) is 8.87. The van der Waals surface area contributed by atoms with Gasteiger partial charge in [-0.3, -0.25) is 4.55 Å². The van der Waals surface area contributed by atoms with E-state index in [0.717, 1.165) is 53.8 Å². The van der Waals surface area contributed by atoms with Gasteiger partial charge in [0.15, 0.2) is 0 Å². The monoisotopic (exact) mass is 414 g/mol. The Kier molecular flexibility index (Phi) is 4.18. The third-order valence-corrected chi connectivity index (χ3v) is 7.13. The molecule has 0 unspecified atom stereocenters. The largest absolute Gasteiger partial charge is 0.371 e. The van der Waals surface area contributed by atoms with E-state index >= 15 is 0 Å². The first-order valence-electron chi connectivity index (χ1n) is 9.19. The first-order chi connectivity index (χ1) is 13.5. The summed E-state index contributed by atoms with van der Waals surface area (Å²) >= 11 is 1.39. The summed E-state index contributed by atoms with van der Waals surface area (Å²) in [4.78, 5) is 6.53. The minimum atomic E-state index is -4.43. The minimum Gasteiger partial charge on any atom is -0.371 e. The molecule has 0 radical (unpaired) electrons. The Hall–Kier alpha value is -2.36. The van der Waals surface area contributed by atoms with Gasteiger partial charge in [0.25, 0.3) is 10.1 Å². The molecule has 2 aromatic carbocycles. The summed E-state index contributed by atoms with van der Waals surface area (Å²) in [5.41, 5.74) is 3.73. The Morgan fingerprint density at radius 2 is 1.89 bits per heavy atom. The molecule has 1 aromatic heterocycles. The number of fused-ring (bicyclic) bond motifs is 1. The number of rotatable bonds is 3. The maximum Gasteiger partial charge on any atom is 0.297 e. The average molecular weight is 415 g/mol. The molecule has 0 amide bonds. The third kappa shape index (κ3) is 2.99. The lowest BCUT2D eigenvalue weighted by Crippen LogP contribution is -2.35. The van der Waals surface area contributed by atoms with Crippen LogP contribution in [-0.2, 0) is 23.0 Å². The number of benzene rings is 2. The third-order valence-electron chi connectivity index (χ3n) is 5.24. The fourth-order valence-corrected chi connectivity index (χ4v) is 5.84. The molecule has 28 heavy (non-hydrogen) atoms. The zero-order valence-electron chi connectivity index (χ0n) is 15.0. The van der Waals surface area contributed by atoms with E-state index in [0.29, 0.717) is 17.1 Å². The highest BCUT2D eigenvalue weighted by Crippen LogP contribution is 2.44. The van der Waals surface area contributed by atoms with Crippen molar-refractivity contribution in [3.63, 3.8) is 0 Å². The molecular weight excluding hydrogens is 396 g/mol. The number of nitrogens with zero attached hydrogens (tertiary/aromatic N) is 4. The van der Waals surface area contributed by atoms with Crippen LogP contribution in [0.4, 0.5) is 16.5 Å². The van der Waals surface area contributed by atoms with Gasteiger partial charge < -0.3 is 4.90 Å². The lowest BCUT2D eigenvalue weighted by Gasteiger charge is -2.37. The van der Waals surface area contributed by atoms with Crippen LogP contribution in [0.5, 0.6) is 0 Å². The standard InChI is InChI=1S/C19H18N4O3S2/c24-28(25,26)18-13-6-4-10-23-9-3-5-12(17(13)23)11-15(18)21-22-19-20-14-7-1-2-8-16(14)27-19/h1-2,7-8,11H,3-6,9-10H2,(H,24,25,26). The predicted molar refractivity (Wildman–Crippen MR) is 109 cm³/mol. The van der Waals surface area contributed by atoms with Gasteiger partial charge in [-0.25, -0.2) is 4.98 Å². The number of azo groups is 1. The molecule has 5 rings (SSSR count). The SMILES string of the molecule is O=S(=O)(O)c1c(N=Nc2nc3ccccc3s2)cc2c3c1CCCN3CCC2. The highest BCUT2D eigenvalue weighted by atomic mass is 32.2. The summed E-state index contributed by atoms with van der Waals surface area (Å²) in [6, 6.07) is 9.44. The molecule has 0 saturated carbocycles. The lowest BCUT2D eigenvalue weighted by molar-refractivity contribution is 0.481. The average Bonchev–Trinajstić information content (AvgIpc) is 3.09. The van der Waals surface area contributed by atoms with Crippen LogP contribution >= 0.6 is 11.3 Å². The van der Waals surface area contributed by atoms with Crippen molar-refractivity contribution < 1.29 is 13.0 Å². The van der Waals surface area contributed by atoms with Crippen molar-refractivity contribution in [3.05, 3.63) is 41.5 Å². The smallest absolute Gasteiger partial charge is 0.297 e. The summed E-state index contributed by atoms with van der Waals surface area (Å²) in [6.45, 7) is 1.83. The number of hydrogen-bond donors (Lipinski definition) is 1. The van der Waals surface area contributed by atoms with Gasteiger partial charge in [0.1, 0.15) is 10.6 Å². The van der Waals surface area contributed by atoms with Crippen LogP contribution in [0.25, 0.3) is 10.2 Å². The van der Waals surface area contributed by atoms with Crippen LogP contribution in [0.2, 0.25) is 0 Å². The Labute approximate surface area is 166 Å². The first-order valence-corrected chi connectivity index (χ1v) is 11.4. The van der Waals surface area contributed by atoms with Crippen LogP contribution in [-0.4, -0.2) is 31.0 Å². The predicted octanol–water partition coefficient (Wildman–Crippen LogP) is 4.66. The van der Waals surface area contributed by atoms with Crippen LogP contribution < -0.4 is 4.90 Å². The van der Waals surface area contributed by atoms with Crippen LogP contribution in [0.15, 0.2) is 45.5 Å². The molecule has 9 heteroatoms. The molecule has 0 saturated heterocycles. The molecule has 0 spiro atoms. The number of anilines is 1. The number of aryl methyl sites for hydroxylation is 1.